The number of ether oxygens (including phenoxy) is 1. The van der Waals surface area contributed by atoms with E-state index in [2.05, 4.69) is 62.7 Å². The van der Waals surface area contributed by atoms with Crippen molar-refractivity contribution in [2.75, 3.05) is 39.4 Å². The van der Waals surface area contributed by atoms with Crippen molar-refractivity contribution in [2.24, 2.45) is 5.92 Å². The van der Waals surface area contributed by atoms with Gasteiger partial charge in [-0.2, -0.15) is 0 Å². The Morgan fingerprint density at radius 1 is 1.05 bits per heavy atom. The van der Waals surface area contributed by atoms with E-state index in [1.807, 2.05) is 12.2 Å². The summed E-state index contributed by atoms with van der Waals surface area (Å²) in [7, 11) is 0. The molecule has 2 saturated heterocycles. The van der Waals surface area contributed by atoms with Crippen LogP contribution < -0.4 is 0 Å². The van der Waals surface area contributed by atoms with E-state index in [0.29, 0.717) is 25.5 Å². The van der Waals surface area contributed by atoms with Gasteiger partial charge in [-0.05, 0) is 42.6 Å². The average Bonchev–Trinajstić information content (AvgIpc) is 3.17. The van der Waals surface area contributed by atoms with Gasteiger partial charge in [-0.15, -0.1) is 0 Å². The summed E-state index contributed by atoms with van der Waals surface area (Å²) in [6, 6.07) is 10.6. The number of benzene rings is 1. The number of carbonyl (C=O) groups excluding carboxylic acids is 1. The van der Waals surface area contributed by atoms with Crippen molar-refractivity contribution in [3.63, 3.8) is 0 Å². The molecule has 1 aromatic carbocycles. The zero-order valence-corrected chi connectivity index (χ0v) is 22.4. The molecule has 1 aromatic heterocycles. The summed E-state index contributed by atoms with van der Waals surface area (Å²) >= 11 is 6.28. The van der Waals surface area contributed by atoms with E-state index < -0.39 is 0 Å². The number of amides is 1. The third kappa shape index (κ3) is 5.37. The van der Waals surface area contributed by atoms with E-state index in [-0.39, 0.29) is 5.92 Å². The number of hydrogen-bond donors (Lipinski definition) is 0. The molecule has 2 aromatic rings. The summed E-state index contributed by atoms with van der Waals surface area (Å²) in [5.74, 6) is 7.99. The Balaban J connectivity index is 1.26. The van der Waals surface area contributed by atoms with E-state index in [9.17, 15) is 4.79 Å². The molecule has 1 aliphatic carbocycles. The fraction of sp³-hybridized carbons (Fsp3) is 0.419. The van der Waals surface area contributed by atoms with Crippen molar-refractivity contribution in [1.82, 2.24) is 19.4 Å². The maximum Gasteiger partial charge on any atom is 0.225 e. The van der Waals surface area contributed by atoms with Gasteiger partial charge < -0.3 is 14.2 Å². The summed E-state index contributed by atoms with van der Waals surface area (Å²) in [5.41, 5.74) is 5.59. The standard InChI is InChI=1S/C31H33ClN4O2/c32-27-8-4-7-24(9-11-27)30-28(36-21-26(10-12-29(36)33-30)23-5-2-1-3-6-23)22-34-15-17-35(18-16-34)31(37)25-13-19-38-20-14-25/h1-3,5-6,9,11,21,25H,8,10,12-20,22H2. The van der Waals surface area contributed by atoms with E-state index in [0.717, 1.165) is 86.2 Å². The van der Waals surface area contributed by atoms with Gasteiger partial charge in [0, 0.05) is 75.9 Å². The fourth-order valence-electron chi connectivity index (χ4n) is 5.73. The molecule has 0 unspecified atom stereocenters. The normalized spacial score (nSPS) is 20.4. The van der Waals surface area contributed by atoms with Crippen LogP contribution in [0.3, 0.4) is 0 Å². The molecule has 0 N–H and O–H groups in total. The average molecular weight is 529 g/mol. The number of fused-ring (bicyclic) bond motifs is 1. The van der Waals surface area contributed by atoms with Crippen LogP contribution in [0.4, 0.5) is 0 Å². The van der Waals surface area contributed by atoms with Crippen LogP contribution in [-0.2, 0) is 22.5 Å². The fourth-order valence-corrected chi connectivity index (χ4v) is 5.86. The van der Waals surface area contributed by atoms with Crippen LogP contribution in [0.5, 0.6) is 0 Å². The zero-order chi connectivity index (χ0) is 25.9. The molecule has 2 fully saturated rings. The summed E-state index contributed by atoms with van der Waals surface area (Å²) in [6.07, 6.45) is 10.3. The number of imidazole rings is 1. The number of aryl methyl sites for hydroxylation is 1. The van der Waals surface area contributed by atoms with Crippen LogP contribution in [0.25, 0.3) is 17.3 Å². The monoisotopic (exact) mass is 528 g/mol. The minimum atomic E-state index is 0.117. The highest BCUT2D eigenvalue weighted by atomic mass is 35.5. The molecule has 4 heterocycles. The van der Waals surface area contributed by atoms with Gasteiger partial charge in [-0.25, -0.2) is 4.98 Å². The second-order valence-electron chi connectivity index (χ2n) is 10.4. The summed E-state index contributed by atoms with van der Waals surface area (Å²) in [4.78, 5) is 22.7. The highest BCUT2D eigenvalue weighted by Crippen LogP contribution is 2.32. The van der Waals surface area contributed by atoms with Gasteiger partial charge in [-0.3, -0.25) is 9.69 Å². The molecule has 4 aliphatic rings. The van der Waals surface area contributed by atoms with Gasteiger partial charge >= 0.3 is 0 Å². The molecular formula is C31H33ClN4O2. The van der Waals surface area contributed by atoms with Crippen molar-refractivity contribution >= 4 is 34.9 Å². The van der Waals surface area contributed by atoms with Crippen LogP contribution in [0.15, 0.2) is 47.5 Å². The first-order chi connectivity index (χ1) is 18.7. The minimum absolute atomic E-state index is 0.117. The first-order valence-corrected chi connectivity index (χ1v) is 14.0. The van der Waals surface area contributed by atoms with Gasteiger partial charge in [0.25, 0.3) is 0 Å². The van der Waals surface area contributed by atoms with Gasteiger partial charge in [0.05, 0.1) is 11.3 Å². The number of hydrogen-bond acceptors (Lipinski definition) is 4. The number of allylic oxidation sites excluding steroid dienone is 5. The second-order valence-corrected chi connectivity index (χ2v) is 10.9. The van der Waals surface area contributed by atoms with Crippen molar-refractivity contribution in [3.05, 3.63) is 70.3 Å². The molecule has 0 bridgehead atoms. The summed E-state index contributed by atoms with van der Waals surface area (Å²) in [6.45, 7) is 5.38. The van der Waals surface area contributed by atoms with Crippen molar-refractivity contribution < 1.29 is 9.53 Å². The topological polar surface area (TPSA) is 50.6 Å². The van der Waals surface area contributed by atoms with Gasteiger partial charge in [0.1, 0.15) is 11.5 Å². The number of rotatable bonds is 5. The van der Waals surface area contributed by atoms with Crippen LogP contribution in [0.2, 0.25) is 0 Å². The van der Waals surface area contributed by atoms with Crippen molar-refractivity contribution in [1.29, 1.82) is 0 Å². The summed E-state index contributed by atoms with van der Waals surface area (Å²) < 4.78 is 7.74. The first kappa shape index (κ1) is 25.2. The predicted octanol–water partition coefficient (Wildman–Crippen LogP) is 4.81. The van der Waals surface area contributed by atoms with E-state index in [1.54, 1.807) is 0 Å². The predicted molar refractivity (Wildman–Crippen MR) is 151 cm³/mol. The van der Waals surface area contributed by atoms with Crippen molar-refractivity contribution in [2.45, 2.75) is 38.6 Å². The smallest absolute Gasteiger partial charge is 0.225 e. The van der Waals surface area contributed by atoms with Gasteiger partial charge in [-0.1, -0.05) is 53.8 Å². The van der Waals surface area contributed by atoms with Gasteiger partial charge in [0.2, 0.25) is 5.91 Å². The number of carbonyl (C=O) groups is 1. The largest absolute Gasteiger partial charge is 0.381 e. The zero-order valence-electron chi connectivity index (χ0n) is 21.7. The molecule has 196 valence electrons. The molecular weight excluding hydrogens is 496 g/mol. The van der Waals surface area contributed by atoms with E-state index in [1.165, 1.54) is 11.1 Å². The lowest BCUT2D eigenvalue weighted by Gasteiger charge is -2.37. The molecule has 0 atom stereocenters. The summed E-state index contributed by atoms with van der Waals surface area (Å²) in [5, 5.41) is 0.745. The Morgan fingerprint density at radius 2 is 1.84 bits per heavy atom. The van der Waals surface area contributed by atoms with E-state index >= 15 is 0 Å². The second kappa shape index (κ2) is 11.3. The number of piperazine rings is 1. The Bertz CT molecular complexity index is 1350. The molecule has 1 amide bonds. The molecule has 0 spiro atoms. The number of nitrogens with zero attached hydrogens (tertiary/aromatic N) is 4. The maximum atomic E-state index is 13.0. The molecule has 38 heavy (non-hydrogen) atoms. The number of aromatic nitrogens is 2. The minimum Gasteiger partial charge on any atom is -0.381 e. The van der Waals surface area contributed by atoms with Crippen LogP contribution in [-0.4, -0.2) is 64.7 Å². The quantitative estimate of drug-likeness (QED) is 0.523. The Hall–Kier alpha value is -3.11. The Morgan fingerprint density at radius 3 is 2.63 bits per heavy atom. The van der Waals surface area contributed by atoms with E-state index in [4.69, 9.17) is 21.3 Å². The number of halogens is 1. The first-order valence-electron chi connectivity index (χ1n) is 13.7. The molecule has 7 heteroatoms. The van der Waals surface area contributed by atoms with Gasteiger partial charge in [0.15, 0.2) is 0 Å². The molecule has 0 saturated carbocycles. The Kier molecular flexibility index (Phi) is 7.51. The maximum absolute atomic E-state index is 13.0. The lowest BCUT2D eigenvalue weighted by atomic mass is 9.98. The highest BCUT2D eigenvalue weighted by molar-refractivity contribution is 6.30. The lowest BCUT2D eigenvalue weighted by Crippen LogP contribution is -2.50. The molecule has 6 rings (SSSR count). The third-order valence-corrected chi connectivity index (χ3v) is 8.18. The van der Waals surface area contributed by atoms with Crippen molar-refractivity contribution in [3.8, 4) is 11.8 Å². The molecule has 6 nitrogen and oxygen atoms in total. The SMILES string of the molecule is O=C(C1CCOCC1)N1CCN(Cc2c(C3=CC=C(Cl)CC#C3)nc3n2C=C(c2ccccc2)CC3)CC1. The van der Waals surface area contributed by atoms with Crippen LogP contribution >= 0.6 is 11.6 Å². The third-order valence-electron chi connectivity index (χ3n) is 7.92. The molecule has 0 radical (unpaired) electrons. The van der Waals surface area contributed by atoms with Crippen LogP contribution in [0.1, 0.15) is 48.5 Å². The van der Waals surface area contributed by atoms with Crippen LogP contribution in [0, 0.1) is 17.8 Å². The Labute approximate surface area is 229 Å². The molecule has 3 aliphatic heterocycles. The highest BCUT2D eigenvalue weighted by Gasteiger charge is 2.30. The lowest BCUT2D eigenvalue weighted by molar-refractivity contribution is -0.140.